The summed E-state index contributed by atoms with van der Waals surface area (Å²) in [5.74, 6) is -2.68. The van der Waals surface area contributed by atoms with Gasteiger partial charge in [0.1, 0.15) is 11.4 Å². The zero-order valence-corrected chi connectivity index (χ0v) is 18.4. The van der Waals surface area contributed by atoms with Gasteiger partial charge in [-0.15, -0.1) is 0 Å². The van der Waals surface area contributed by atoms with Crippen molar-refractivity contribution >= 4 is 23.4 Å². The molecule has 2 aromatic rings. The van der Waals surface area contributed by atoms with Gasteiger partial charge in [0.2, 0.25) is 5.43 Å². The standard InChI is InChI=1S/C22H23ClFN3O5/c1-3-27-21(31)17-19(29)18(28)14(10-26(17)11-22(27)7-13(8-22)32-2)20(30)25-9-12-5-4-6-15(23)16(12)24/h4-6,10,13,29H,3,7-9,11H2,1-2H3,(H,25,30)/t13-,22+. The van der Waals surface area contributed by atoms with Crippen LogP contribution in [0.15, 0.2) is 29.2 Å². The number of benzene rings is 1. The molecule has 0 saturated heterocycles. The van der Waals surface area contributed by atoms with E-state index >= 15 is 0 Å². The van der Waals surface area contributed by atoms with Gasteiger partial charge in [0.15, 0.2) is 11.4 Å². The number of likely N-dealkylation sites (N-methyl/N-ethyl adjacent to an activating group) is 1. The lowest BCUT2D eigenvalue weighted by atomic mass is 9.71. The quantitative estimate of drug-likeness (QED) is 0.708. The number of amides is 2. The number of carbonyl (C=O) groups is 2. The van der Waals surface area contributed by atoms with Gasteiger partial charge in [-0.2, -0.15) is 0 Å². The summed E-state index contributed by atoms with van der Waals surface area (Å²) in [6, 6.07) is 4.39. The Hall–Kier alpha value is -2.91. The van der Waals surface area contributed by atoms with Crippen molar-refractivity contribution in [3.63, 3.8) is 0 Å². The van der Waals surface area contributed by atoms with E-state index in [2.05, 4.69) is 5.32 Å². The van der Waals surface area contributed by atoms with Gasteiger partial charge in [-0.05, 0) is 25.8 Å². The maximum Gasteiger partial charge on any atom is 0.275 e. The second-order valence-electron chi connectivity index (χ2n) is 8.13. The second-order valence-corrected chi connectivity index (χ2v) is 8.54. The molecular formula is C22H23ClFN3O5. The van der Waals surface area contributed by atoms with E-state index in [4.69, 9.17) is 16.3 Å². The lowest BCUT2D eigenvalue weighted by Crippen LogP contribution is -2.66. The van der Waals surface area contributed by atoms with Gasteiger partial charge in [-0.3, -0.25) is 14.4 Å². The van der Waals surface area contributed by atoms with Crippen molar-refractivity contribution in [2.75, 3.05) is 13.7 Å². The molecule has 1 saturated carbocycles. The number of methoxy groups -OCH3 is 1. The van der Waals surface area contributed by atoms with Crippen LogP contribution in [0.4, 0.5) is 4.39 Å². The fraction of sp³-hybridized carbons (Fsp3) is 0.409. The van der Waals surface area contributed by atoms with E-state index in [0.29, 0.717) is 25.9 Å². The topological polar surface area (TPSA) is 101 Å². The molecule has 1 fully saturated rings. The molecule has 1 aliphatic carbocycles. The van der Waals surface area contributed by atoms with Crippen molar-refractivity contribution in [3.8, 4) is 5.75 Å². The molecule has 1 spiro atoms. The molecule has 0 atom stereocenters. The maximum absolute atomic E-state index is 14.1. The highest BCUT2D eigenvalue weighted by atomic mass is 35.5. The number of rotatable bonds is 5. The van der Waals surface area contributed by atoms with Crippen molar-refractivity contribution in [2.45, 2.75) is 44.5 Å². The summed E-state index contributed by atoms with van der Waals surface area (Å²) in [7, 11) is 1.61. The highest BCUT2D eigenvalue weighted by Gasteiger charge is 2.54. The first-order valence-corrected chi connectivity index (χ1v) is 10.6. The average molecular weight is 464 g/mol. The molecule has 0 bridgehead atoms. The third-order valence-corrected chi connectivity index (χ3v) is 6.61. The predicted molar refractivity (Wildman–Crippen MR) is 114 cm³/mol. The summed E-state index contributed by atoms with van der Waals surface area (Å²) in [6.07, 6.45) is 2.53. The van der Waals surface area contributed by atoms with E-state index in [1.54, 1.807) is 18.1 Å². The summed E-state index contributed by atoms with van der Waals surface area (Å²) in [5.41, 5.74) is -1.77. The zero-order valence-electron chi connectivity index (χ0n) is 17.7. The third-order valence-electron chi connectivity index (χ3n) is 6.32. The van der Waals surface area contributed by atoms with Gasteiger partial charge in [-0.25, -0.2) is 4.39 Å². The Morgan fingerprint density at radius 3 is 2.75 bits per heavy atom. The summed E-state index contributed by atoms with van der Waals surface area (Å²) in [5, 5.41) is 12.9. The van der Waals surface area contributed by atoms with Crippen LogP contribution in [-0.4, -0.2) is 51.7 Å². The van der Waals surface area contributed by atoms with Crippen LogP contribution in [0.5, 0.6) is 5.75 Å². The normalized spacial score (nSPS) is 21.9. The number of hydrogen-bond acceptors (Lipinski definition) is 5. The number of carbonyl (C=O) groups excluding carboxylic acids is 2. The van der Waals surface area contributed by atoms with Crippen LogP contribution in [-0.2, 0) is 17.8 Å². The molecule has 4 rings (SSSR count). The minimum absolute atomic E-state index is 0.0155. The van der Waals surface area contributed by atoms with E-state index in [-0.39, 0.29) is 34.5 Å². The van der Waals surface area contributed by atoms with Crippen LogP contribution < -0.4 is 10.7 Å². The van der Waals surface area contributed by atoms with Gasteiger partial charge in [0.05, 0.1) is 16.7 Å². The second kappa shape index (κ2) is 8.22. The number of hydrogen-bond donors (Lipinski definition) is 2. The number of aromatic nitrogens is 1. The minimum Gasteiger partial charge on any atom is -0.503 e. The zero-order chi connectivity index (χ0) is 23.2. The number of nitrogens with one attached hydrogen (secondary N) is 1. The molecule has 170 valence electrons. The van der Waals surface area contributed by atoms with Gasteiger partial charge < -0.3 is 24.6 Å². The highest BCUT2D eigenvalue weighted by molar-refractivity contribution is 6.30. The molecule has 2 heterocycles. The van der Waals surface area contributed by atoms with E-state index in [0.717, 1.165) is 0 Å². The molecular weight excluding hydrogens is 441 g/mol. The Balaban J connectivity index is 1.65. The lowest BCUT2D eigenvalue weighted by Gasteiger charge is -2.56. The van der Waals surface area contributed by atoms with Crippen LogP contribution in [0.3, 0.4) is 0 Å². The largest absolute Gasteiger partial charge is 0.503 e. The van der Waals surface area contributed by atoms with Gasteiger partial charge in [-0.1, -0.05) is 23.7 Å². The number of ether oxygens (including phenoxy) is 1. The molecule has 0 unspecified atom stereocenters. The molecule has 10 heteroatoms. The van der Waals surface area contributed by atoms with Crippen molar-refractivity contribution in [2.24, 2.45) is 0 Å². The average Bonchev–Trinajstić information content (AvgIpc) is 2.74. The van der Waals surface area contributed by atoms with Crippen LogP contribution in [0.1, 0.15) is 46.2 Å². The first-order valence-electron chi connectivity index (χ1n) is 10.2. The number of halogens is 2. The fourth-order valence-electron chi connectivity index (χ4n) is 4.65. The molecule has 2 N–H and O–H groups in total. The molecule has 1 aromatic carbocycles. The molecule has 1 aromatic heterocycles. The first-order chi connectivity index (χ1) is 15.2. The van der Waals surface area contributed by atoms with Gasteiger partial charge in [0, 0.05) is 38.5 Å². The number of aromatic hydroxyl groups is 1. The van der Waals surface area contributed by atoms with E-state index in [1.165, 1.54) is 22.9 Å². The van der Waals surface area contributed by atoms with E-state index in [1.807, 2.05) is 6.92 Å². The van der Waals surface area contributed by atoms with Crippen molar-refractivity contribution in [1.82, 2.24) is 14.8 Å². The van der Waals surface area contributed by atoms with Crippen LogP contribution in [0, 0.1) is 5.82 Å². The van der Waals surface area contributed by atoms with Crippen LogP contribution >= 0.6 is 11.6 Å². The van der Waals surface area contributed by atoms with Crippen molar-refractivity contribution in [3.05, 3.63) is 62.3 Å². The Morgan fingerprint density at radius 2 is 2.09 bits per heavy atom. The Morgan fingerprint density at radius 1 is 1.38 bits per heavy atom. The molecule has 8 nitrogen and oxygen atoms in total. The number of nitrogens with zero attached hydrogens (tertiary/aromatic N) is 2. The first kappa shape index (κ1) is 22.3. The van der Waals surface area contributed by atoms with Gasteiger partial charge in [0.25, 0.3) is 11.8 Å². The summed E-state index contributed by atoms with van der Waals surface area (Å²) < 4.78 is 20.9. The monoisotopic (exact) mass is 463 g/mol. The lowest BCUT2D eigenvalue weighted by molar-refractivity contribution is -0.0910. The van der Waals surface area contributed by atoms with Gasteiger partial charge >= 0.3 is 0 Å². The molecule has 1 aliphatic heterocycles. The summed E-state index contributed by atoms with van der Waals surface area (Å²) in [6.45, 7) is 2.37. The molecule has 32 heavy (non-hydrogen) atoms. The molecule has 2 amide bonds. The SMILES string of the molecule is CCN1C(=O)c2c(O)c(=O)c(C(=O)NCc3cccc(Cl)c3F)cn2C[C@]12C[C@H](OC)C2. The highest BCUT2D eigenvalue weighted by Crippen LogP contribution is 2.44. The minimum atomic E-state index is -0.955. The molecule has 0 radical (unpaired) electrons. The van der Waals surface area contributed by atoms with Crippen LogP contribution in [0.25, 0.3) is 0 Å². The predicted octanol–water partition coefficient (Wildman–Crippen LogP) is 2.30. The van der Waals surface area contributed by atoms with E-state index in [9.17, 15) is 23.9 Å². The summed E-state index contributed by atoms with van der Waals surface area (Å²) >= 11 is 5.76. The third kappa shape index (κ3) is 3.45. The Bertz CT molecular complexity index is 1160. The Kier molecular flexibility index (Phi) is 5.72. The maximum atomic E-state index is 14.1. The van der Waals surface area contributed by atoms with E-state index < -0.39 is 34.3 Å². The number of fused-ring (bicyclic) bond motifs is 1. The summed E-state index contributed by atoms with van der Waals surface area (Å²) in [4.78, 5) is 40.1. The fourth-order valence-corrected chi connectivity index (χ4v) is 4.84. The van der Waals surface area contributed by atoms with Crippen molar-refractivity contribution < 1.29 is 23.8 Å². The van der Waals surface area contributed by atoms with Crippen molar-refractivity contribution in [1.29, 1.82) is 0 Å². The number of pyridine rings is 1. The Labute approximate surface area is 188 Å². The molecule has 2 aliphatic rings. The van der Waals surface area contributed by atoms with Crippen LogP contribution in [0.2, 0.25) is 5.02 Å². The smallest absolute Gasteiger partial charge is 0.275 e.